The average molecular weight is 375 g/mol. The van der Waals surface area contributed by atoms with Crippen molar-refractivity contribution >= 4 is 17.8 Å². The number of rotatable bonds is 9. The minimum absolute atomic E-state index is 0.0714. The van der Waals surface area contributed by atoms with Crippen molar-refractivity contribution in [3.63, 3.8) is 0 Å². The molecular formula is C16H24F3N5O2. The maximum Gasteiger partial charge on any atom is 0.419 e. The van der Waals surface area contributed by atoms with Crippen LogP contribution in [0.2, 0.25) is 0 Å². The summed E-state index contributed by atoms with van der Waals surface area (Å²) >= 11 is 0. The number of nitrogens with zero attached hydrogens (tertiary/aromatic N) is 1. The fourth-order valence-corrected chi connectivity index (χ4v) is 1.93. The Morgan fingerprint density at radius 1 is 1.19 bits per heavy atom. The van der Waals surface area contributed by atoms with E-state index in [1.807, 2.05) is 13.8 Å². The van der Waals surface area contributed by atoms with Gasteiger partial charge in [0.05, 0.1) is 5.56 Å². The van der Waals surface area contributed by atoms with Crippen molar-refractivity contribution in [1.29, 1.82) is 0 Å². The van der Waals surface area contributed by atoms with Gasteiger partial charge in [-0.2, -0.15) is 13.2 Å². The van der Waals surface area contributed by atoms with E-state index in [2.05, 4.69) is 26.3 Å². The molecule has 0 saturated heterocycles. The van der Waals surface area contributed by atoms with Gasteiger partial charge in [-0.15, -0.1) is 0 Å². The van der Waals surface area contributed by atoms with Crippen LogP contribution in [0.3, 0.4) is 0 Å². The van der Waals surface area contributed by atoms with Gasteiger partial charge in [0.15, 0.2) is 0 Å². The molecule has 1 heterocycles. The highest BCUT2D eigenvalue weighted by Gasteiger charge is 2.33. The second-order valence-corrected chi connectivity index (χ2v) is 5.63. The van der Waals surface area contributed by atoms with Gasteiger partial charge < -0.3 is 21.3 Å². The predicted molar refractivity (Wildman–Crippen MR) is 91.6 cm³/mol. The lowest BCUT2D eigenvalue weighted by molar-refractivity contribution is -0.137. The van der Waals surface area contributed by atoms with Crippen molar-refractivity contribution in [2.75, 3.05) is 25.0 Å². The summed E-state index contributed by atoms with van der Waals surface area (Å²) in [5.74, 6) is -0.444. The number of hydrogen-bond donors (Lipinski definition) is 4. The molecule has 0 aliphatic heterocycles. The molecule has 1 aromatic heterocycles. The van der Waals surface area contributed by atoms with Crippen molar-refractivity contribution in [3.05, 3.63) is 23.9 Å². The summed E-state index contributed by atoms with van der Waals surface area (Å²) in [4.78, 5) is 26.8. The van der Waals surface area contributed by atoms with Gasteiger partial charge in [0, 0.05) is 38.3 Å². The first kappa shape index (κ1) is 21.5. The maximum atomic E-state index is 12.8. The Kier molecular flexibility index (Phi) is 8.66. The molecule has 4 N–H and O–H groups in total. The summed E-state index contributed by atoms with van der Waals surface area (Å²) in [6, 6.07) is 1.72. The predicted octanol–water partition coefficient (Wildman–Crippen LogP) is 2.12. The van der Waals surface area contributed by atoms with Gasteiger partial charge in [-0.25, -0.2) is 9.78 Å². The molecular weight excluding hydrogens is 351 g/mol. The number of alkyl halides is 3. The van der Waals surface area contributed by atoms with Crippen LogP contribution in [0.5, 0.6) is 0 Å². The molecule has 0 aliphatic carbocycles. The molecule has 0 spiro atoms. The molecule has 0 saturated carbocycles. The fourth-order valence-electron chi connectivity index (χ4n) is 1.93. The lowest BCUT2D eigenvalue weighted by Gasteiger charge is -2.14. The number of hydrogen-bond acceptors (Lipinski definition) is 4. The molecule has 10 heteroatoms. The Morgan fingerprint density at radius 3 is 2.54 bits per heavy atom. The normalized spacial score (nSPS) is 12.2. The van der Waals surface area contributed by atoms with Crippen molar-refractivity contribution < 1.29 is 22.8 Å². The molecule has 26 heavy (non-hydrogen) atoms. The van der Waals surface area contributed by atoms with Gasteiger partial charge >= 0.3 is 12.2 Å². The van der Waals surface area contributed by atoms with Crippen LogP contribution in [-0.2, 0) is 11.0 Å². The highest BCUT2D eigenvalue weighted by Crippen LogP contribution is 2.33. The van der Waals surface area contributed by atoms with Gasteiger partial charge in [0.25, 0.3) is 0 Å². The number of carbonyl (C=O) groups is 2. The zero-order chi connectivity index (χ0) is 19.6. The summed E-state index contributed by atoms with van der Waals surface area (Å²) in [6.07, 6.45) is -2.28. The first-order chi connectivity index (χ1) is 12.2. The summed E-state index contributed by atoms with van der Waals surface area (Å²) in [6.45, 7) is 4.17. The first-order valence-electron chi connectivity index (χ1n) is 8.31. The van der Waals surface area contributed by atoms with E-state index >= 15 is 0 Å². The molecule has 1 aromatic rings. The zero-order valence-electron chi connectivity index (χ0n) is 14.7. The quantitative estimate of drug-likeness (QED) is 0.497. The lowest BCUT2D eigenvalue weighted by Crippen LogP contribution is -2.40. The first-order valence-corrected chi connectivity index (χ1v) is 8.31. The number of amides is 3. The highest BCUT2D eigenvalue weighted by atomic mass is 19.4. The molecule has 7 nitrogen and oxygen atoms in total. The van der Waals surface area contributed by atoms with E-state index in [1.54, 1.807) is 0 Å². The Labute approximate surface area is 150 Å². The molecule has 3 amide bonds. The molecule has 0 aromatic carbocycles. The maximum absolute atomic E-state index is 12.8. The van der Waals surface area contributed by atoms with E-state index in [0.717, 1.165) is 12.5 Å². The Balaban J connectivity index is 2.24. The number of carbonyl (C=O) groups excluding carboxylic acids is 2. The van der Waals surface area contributed by atoms with E-state index in [9.17, 15) is 22.8 Å². The third-order valence-electron chi connectivity index (χ3n) is 3.47. The van der Waals surface area contributed by atoms with E-state index in [1.165, 1.54) is 12.3 Å². The van der Waals surface area contributed by atoms with Crippen molar-refractivity contribution in [2.45, 2.75) is 38.9 Å². The largest absolute Gasteiger partial charge is 0.419 e. The number of anilines is 1. The third-order valence-corrected chi connectivity index (χ3v) is 3.47. The van der Waals surface area contributed by atoms with Crippen LogP contribution in [0.4, 0.5) is 23.8 Å². The molecule has 0 radical (unpaired) electrons. The SMILES string of the molecule is CCC(C)NC(=O)CCNC(=O)NCCNc1ncccc1C(F)(F)F. The number of pyridine rings is 1. The van der Waals surface area contributed by atoms with Crippen molar-refractivity contribution in [3.8, 4) is 0 Å². The van der Waals surface area contributed by atoms with E-state index in [0.29, 0.717) is 0 Å². The van der Waals surface area contributed by atoms with Crippen LogP contribution >= 0.6 is 0 Å². The van der Waals surface area contributed by atoms with E-state index < -0.39 is 17.8 Å². The number of nitrogens with one attached hydrogen (secondary N) is 4. The summed E-state index contributed by atoms with van der Waals surface area (Å²) in [5.41, 5.74) is -0.864. The standard InChI is InChI=1S/C16H24F3N5O2/c1-3-11(2)24-13(25)6-8-22-15(26)23-10-9-21-14-12(16(17,18)19)5-4-7-20-14/h4-5,7,11H,3,6,8-10H2,1-2H3,(H,20,21)(H,24,25)(H2,22,23,26). The van der Waals surface area contributed by atoms with Crippen molar-refractivity contribution in [2.24, 2.45) is 0 Å². The molecule has 0 aliphatic rings. The molecule has 0 fully saturated rings. The highest BCUT2D eigenvalue weighted by molar-refractivity contribution is 5.78. The second-order valence-electron chi connectivity index (χ2n) is 5.63. The summed E-state index contributed by atoms with van der Waals surface area (Å²) in [7, 11) is 0. The van der Waals surface area contributed by atoms with Crippen LogP contribution < -0.4 is 21.3 Å². The van der Waals surface area contributed by atoms with Crippen LogP contribution in [0, 0.1) is 0 Å². The Hall–Kier alpha value is -2.52. The molecule has 0 bridgehead atoms. The van der Waals surface area contributed by atoms with Crippen LogP contribution in [0.1, 0.15) is 32.3 Å². The average Bonchev–Trinajstić information content (AvgIpc) is 2.58. The van der Waals surface area contributed by atoms with Gasteiger partial charge in [-0.1, -0.05) is 6.92 Å². The van der Waals surface area contributed by atoms with Gasteiger partial charge in [0.2, 0.25) is 5.91 Å². The third kappa shape index (κ3) is 8.04. The topological polar surface area (TPSA) is 95.2 Å². The zero-order valence-corrected chi connectivity index (χ0v) is 14.7. The van der Waals surface area contributed by atoms with Crippen LogP contribution in [0.15, 0.2) is 18.3 Å². The smallest absolute Gasteiger partial charge is 0.368 e. The minimum atomic E-state index is -4.50. The lowest BCUT2D eigenvalue weighted by atomic mass is 10.2. The number of aromatic nitrogens is 1. The monoisotopic (exact) mass is 375 g/mol. The van der Waals surface area contributed by atoms with Gasteiger partial charge in [-0.05, 0) is 25.5 Å². The van der Waals surface area contributed by atoms with Gasteiger partial charge in [0.1, 0.15) is 5.82 Å². The number of halogens is 3. The number of urea groups is 1. The van der Waals surface area contributed by atoms with Crippen LogP contribution in [-0.4, -0.2) is 42.6 Å². The van der Waals surface area contributed by atoms with Crippen LogP contribution in [0.25, 0.3) is 0 Å². The Bertz CT molecular complexity index is 595. The molecule has 146 valence electrons. The van der Waals surface area contributed by atoms with E-state index in [-0.39, 0.29) is 43.8 Å². The van der Waals surface area contributed by atoms with E-state index in [4.69, 9.17) is 0 Å². The summed E-state index contributed by atoms with van der Waals surface area (Å²) < 4.78 is 38.4. The fraction of sp³-hybridized carbons (Fsp3) is 0.562. The second kappa shape index (κ2) is 10.5. The Morgan fingerprint density at radius 2 is 1.88 bits per heavy atom. The molecule has 1 rings (SSSR count). The minimum Gasteiger partial charge on any atom is -0.368 e. The van der Waals surface area contributed by atoms with Crippen molar-refractivity contribution in [1.82, 2.24) is 20.9 Å². The molecule has 1 atom stereocenters. The summed E-state index contributed by atoms with van der Waals surface area (Å²) in [5, 5.41) is 10.3. The molecule has 1 unspecified atom stereocenters. The van der Waals surface area contributed by atoms with Gasteiger partial charge in [-0.3, -0.25) is 4.79 Å².